The summed E-state index contributed by atoms with van der Waals surface area (Å²) in [5.41, 5.74) is 4.58. The van der Waals surface area contributed by atoms with E-state index in [0.29, 0.717) is 23.4 Å². The van der Waals surface area contributed by atoms with Crippen LogP contribution in [0.3, 0.4) is 0 Å². The molecule has 0 bridgehead atoms. The first kappa shape index (κ1) is 51.7. The number of aromatic nitrogens is 3. The number of para-hydroxylation sites is 1. The number of nitrogens with zero attached hydrogens (tertiary/aromatic N) is 5. The van der Waals surface area contributed by atoms with E-state index in [-0.39, 0.29) is 47.9 Å². The summed E-state index contributed by atoms with van der Waals surface area (Å²) in [6.07, 6.45) is 17.9. The molecule has 17 heteroatoms. The van der Waals surface area contributed by atoms with Crippen LogP contribution in [-0.4, -0.2) is 69.3 Å². The highest BCUT2D eigenvalue weighted by atomic mass is 35.5. The van der Waals surface area contributed by atoms with Gasteiger partial charge >= 0.3 is 7.60 Å². The second-order valence-corrected chi connectivity index (χ2v) is 21.3. The SMILES string of the molecule is CCCCCCCCCCCCCCCCCCOC[C@H](CCP(=O)(Oc1ccccc1Cl)OC1C23OC(C)(C)O[C@H]2[C@H](c2ccc4c(N)ncnn24)O[C@]13C#N)OCc1cc(F)cc(C#N)c1. The van der Waals surface area contributed by atoms with E-state index in [1.54, 1.807) is 60.8 Å². The van der Waals surface area contributed by atoms with Crippen LogP contribution in [0.25, 0.3) is 5.52 Å². The molecule has 7 atom stereocenters. The minimum Gasteiger partial charge on any atom is -0.423 e. The van der Waals surface area contributed by atoms with Crippen molar-refractivity contribution in [2.24, 2.45) is 0 Å². The molecule has 1 aliphatic carbocycles. The van der Waals surface area contributed by atoms with E-state index in [1.807, 2.05) is 6.07 Å². The van der Waals surface area contributed by atoms with Gasteiger partial charge in [0.15, 0.2) is 17.2 Å². The van der Waals surface area contributed by atoms with Crippen LogP contribution in [0, 0.1) is 28.5 Å². The van der Waals surface area contributed by atoms with E-state index in [1.165, 1.54) is 95.9 Å². The summed E-state index contributed by atoms with van der Waals surface area (Å²) < 4.78 is 76.2. The second-order valence-electron chi connectivity index (χ2n) is 18.8. The Labute approximate surface area is 405 Å². The third-order valence-corrected chi connectivity index (χ3v) is 15.3. The molecule has 7 rings (SSSR count). The van der Waals surface area contributed by atoms with Gasteiger partial charge in [-0.05, 0) is 74.7 Å². The number of fused-ring (bicyclic) bond motifs is 1. The first-order chi connectivity index (χ1) is 32.9. The van der Waals surface area contributed by atoms with E-state index in [9.17, 15) is 14.9 Å². The van der Waals surface area contributed by atoms with Gasteiger partial charge in [-0.3, -0.25) is 4.52 Å². The summed E-state index contributed by atoms with van der Waals surface area (Å²) in [7, 11) is -4.27. The predicted molar refractivity (Wildman–Crippen MR) is 256 cm³/mol. The van der Waals surface area contributed by atoms with Gasteiger partial charge in [0.25, 0.3) is 0 Å². The third-order valence-electron chi connectivity index (χ3n) is 13.1. The smallest absolute Gasteiger partial charge is 0.379 e. The first-order valence-electron chi connectivity index (χ1n) is 24.5. The van der Waals surface area contributed by atoms with Crippen molar-refractivity contribution < 1.29 is 41.7 Å². The third kappa shape index (κ3) is 12.2. The lowest BCUT2D eigenvalue weighted by molar-refractivity contribution is -0.182. The van der Waals surface area contributed by atoms with Crippen LogP contribution in [0.5, 0.6) is 5.75 Å². The minimum atomic E-state index is -4.27. The molecule has 2 aromatic heterocycles. The molecule has 2 aromatic carbocycles. The summed E-state index contributed by atoms with van der Waals surface area (Å²) >= 11 is 6.56. The molecule has 3 aliphatic rings. The number of hydrogen-bond acceptors (Lipinski definition) is 13. The minimum absolute atomic E-state index is 0.0402. The number of rotatable bonds is 30. The van der Waals surface area contributed by atoms with Crippen molar-refractivity contribution >= 4 is 30.5 Å². The van der Waals surface area contributed by atoms with Crippen molar-refractivity contribution in [2.75, 3.05) is 25.1 Å². The van der Waals surface area contributed by atoms with Gasteiger partial charge in [0.2, 0.25) is 5.60 Å². The summed E-state index contributed by atoms with van der Waals surface area (Å²) in [6.45, 7) is 6.31. The van der Waals surface area contributed by atoms with E-state index in [4.69, 9.17) is 50.1 Å². The molecule has 3 unspecified atom stereocenters. The summed E-state index contributed by atoms with van der Waals surface area (Å²) in [5.74, 6) is -1.37. The molecular weight excluding hydrogens is 910 g/mol. The normalized spacial score (nSPS) is 23.7. The van der Waals surface area contributed by atoms with E-state index < -0.39 is 54.8 Å². The van der Waals surface area contributed by atoms with E-state index in [0.717, 1.165) is 25.3 Å². The number of halogens is 2. The molecular formula is C51H67ClFN6O8P. The zero-order valence-corrected chi connectivity index (χ0v) is 41.4. The highest BCUT2D eigenvalue weighted by Gasteiger charge is 2.95. The van der Waals surface area contributed by atoms with Gasteiger partial charge in [0, 0.05) is 6.61 Å². The van der Waals surface area contributed by atoms with Crippen LogP contribution >= 0.6 is 19.2 Å². The molecule has 0 amide bonds. The maximum atomic E-state index is 15.3. The van der Waals surface area contributed by atoms with E-state index in [2.05, 4.69) is 23.1 Å². The van der Waals surface area contributed by atoms with Crippen molar-refractivity contribution in [2.45, 2.75) is 178 Å². The standard InChI is InChI=1S/C51H67ClFN6O8P/c1-4-5-6-7-8-9-10-11-12-13-14-15-16-17-18-21-27-61-34-40(62-33-38-29-37(32-54)30-39(53)31-38)26-28-68(60,65-44-23-20-19-22-41(44)52)66-48-50(35-55)51(48)46(64-49(2,3)67-51)45(63-50)42-24-25-43-47(56)57-36-58-59(42)43/h19-20,22-25,29-31,36,40,45-46,48H,4-18,21,26-28,33-34H2,1-3H3,(H2,56,57,58)/t40-,45-,46-,48?,50+,51?,68?/m0/s1. The number of ether oxygens (including phenoxy) is 5. The Morgan fingerprint density at radius 2 is 1.60 bits per heavy atom. The molecule has 14 nitrogen and oxygen atoms in total. The molecule has 1 spiro atoms. The van der Waals surface area contributed by atoms with Crippen molar-refractivity contribution in [1.82, 2.24) is 14.6 Å². The Balaban J connectivity index is 0.984. The van der Waals surface area contributed by atoms with E-state index >= 15 is 4.57 Å². The van der Waals surface area contributed by atoms with Gasteiger partial charge in [-0.15, -0.1) is 0 Å². The zero-order chi connectivity index (χ0) is 48.2. The van der Waals surface area contributed by atoms with Crippen LogP contribution in [0.4, 0.5) is 10.2 Å². The molecule has 3 fully saturated rings. The summed E-state index contributed by atoms with van der Waals surface area (Å²) in [4.78, 5) is 4.08. The Morgan fingerprint density at radius 1 is 0.926 bits per heavy atom. The maximum Gasteiger partial charge on any atom is 0.379 e. The maximum absolute atomic E-state index is 15.3. The van der Waals surface area contributed by atoms with Crippen LogP contribution in [0.1, 0.15) is 153 Å². The lowest BCUT2D eigenvalue weighted by Gasteiger charge is -2.26. The van der Waals surface area contributed by atoms with Gasteiger partial charge in [-0.25, -0.2) is 18.5 Å². The van der Waals surface area contributed by atoms with Crippen LogP contribution in [0.15, 0.2) is 60.9 Å². The number of anilines is 1. The molecule has 68 heavy (non-hydrogen) atoms. The fraction of sp³-hybridized carbons (Fsp3) is 0.608. The Bertz CT molecular complexity index is 2430. The molecule has 2 aliphatic heterocycles. The van der Waals surface area contributed by atoms with Gasteiger partial charge in [-0.1, -0.05) is 127 Å². The Morgan fingerprint density at radius 3 is 2.26 bits per heavy atom. The number of hydrogen-bond donors (Lipinski definition) is 1. The van der Waals surface area contributed by atoms with Crippen molar-refractivity contribution in [3.05, 3.63) is 88.6 Å². The van der Waals surface area contributed by atoms with Gasteiger partial charge in [0.1, 0.15) is 47.8 Å². The topological polar surface area (TPSA) is 185 Å². The number of benzene rings is 2. The van der Waals surface area contributed by atoms with Crippen LogP contribution < -0.4 is 10.3 Å². The largest absolute Gasteiger partial charge is 0.423 e. The molecule has 2 N–H and O–H groups in total. The fourth-order valence-corrected chi connectivity index (χ4v) is 11.8. The second kappa shape index (κ2) is 23.6. The zero-order valence-electron chi connectivity index (χ0n) is 39.7. The molecule has 4 aromatic rings. The van der Waals surface area contributed by atoms with Crippen LogP contribution in [0.2, 0.25) is 5.02 Å². The molecule has 368 valence electrons. The highest BCUT2D eigenvalue weighted by molar-refractivity contribution is 7.54. The average Bonchev–Trinajstić information content (AvgIpc) is 3.67. The highest BCUT2D eigenvalue weighted by Crippen LogP contribution is 2.74. The number of nitrogen functional groups attached to an aromatic ring is 1. The van der Waals surface area contributed by atoms with Crippen molar-refractivity contribution in [1.29, 1.82) is 10.5 Å². The Hall–Kier alpha value is -4.15. The van der Waals surface area contributed by atoms with Gasteiger partial charge in [-0.2, -0.15) is 15.6 Å². The van der Waals surface area contributed by atoms with Crippen molar-refractivity contribution in [3.8, 4) is 17.9 Å². The lowest BCUT2D eigenvalue weighted by atomic mass is 10.0. The Kier molecular flexibility index (Phi) is 18.0. The van der Waals surface area contributed by atoms with Crippen LogP contribution in [-0.2, 0) is 39.4 Å². The molecule has 2 saturated heterocycles. The first-order valence-corrected chi connectivity index (χ1v) is 26.6. The number of unbranched alkanes of at least 4 members (excludes halogenated alkanes) is 15. The fourth-order valence-electron chi connectivity index (χ4n) is 9.66. The number of nitrogens with two attached hydrogens (primary N) is 1. The lowest BCUT2D eigenvalue weighted by Crippen LogP contribution is -2.33. The quantitative estimate of drug-likeness (QED) is 0.0385. The van der Waals surface area contributed by atoms with Gasteiger partial charge in [0.05, 0.1) is 47.8 Å². The monoisotopic (exact) mass is 976 g/mol. The summed E-state index contributed by atoms with van der Waals surface area (Å²) in [5, 5.41) is 25.0. The average molecular weight is 978 g/mol. The molecule has 1 saturated carbocycles. The summed E-state index contributed by atoms with van der Waals surface area (Å²) in [6, 6.07) is 18.4. The van der Waals surface area contributed by atoms with Crippen molar-refractivity contribution in [3.63, 3.8) is 0 Å². The van der Waals surface area contributed by atoms with Gasteiger partial charge < -0.3 is 33.9 Å². The number of nitriles is 2. The predicted octanol–water partition coefficient (Wildman–Crippen LogP) is 12.1. The molecule has 4 heterocycles. The molecule has 0 radical (unpaired) electrons.